The van der Waals surface area contributed by atoms with Gasteiger partial charge in [-0.05, 0) is 49.2 Å². The largest absolute Gasteiger partial charge is 0.497 e. The SMILES string of the molecule is COc1ccc(NC(=O)C2CCCN2C(=O)c2cccnc2)cc1. The molecule has 2 heterocycles. The van der Waals surface area contributed by atoms with Crippen LogP contribution in [-0.4, -0.2) is 41.4 Å². The number of pyridine rings is 1. The van der Waals surface area contributed by atoms with E-state index in [1.807, 2.05) is 0 Å². The molecule has 0 bridgehead atoms. The molecule has 1 aromatic heterocycles. The van der Waals surface area contributed by atoms with E-state index < -0.39 is 6.04 Å². The van der Waals surface area contributed by atoms with Gasteiger partial charge in [-0.2, -0.15) is 0 Å². The van der Waals surface area contributed by atoms with Crippen LogP contribution in [0.1, 0.15) is 23.2 Å². The number of nitrogens with one attached hydrogen (secondary N) is 1. The highest BCUT2D eigenvalue weighted by atomic mass is 16.5. The van der Waals surface area contributed by atoms with Crippen molar-refractivity contribution in [3.05, 3.63) is 54.4 Å². The fourth-order valence-corrected chi connectivity index (χ4v) is 2.84. The number of nitrogens with zero attached hydrogens (tertiary/aromatic N) is 2. The lowest BCUT2D eigenvalue weighted by molar-refractivity contribution is -0.119. The van der Waals surface area contributed by atoms with Gasteiger partial charge in [0.15, 0.2) is 0 Å². The van der Waals surface area contributed by atoms with Crippen molar-refractivity contribution in [3.63, 3.8) is 0 Å². The number of ether oxygens (including phenoxy) is 1. The number of anilines is 1. The summed E-state index contributed by atoms with van der Waals surface area (Å²) in [5.41, 5.74) is 1.18. The standard InChI is InChI=1S/C18H19N3O3/c1-24-15-8-6-14(7-9-15)20-17(22)16-5-3-11-21(16)18(23)13-4-2-10-19-12-13/h2,4,6-10,12,16H,3,5,11H2,1H3,(H,20,22). The molecule has 0 radical (unpaired) electrons. The summed E-state index contributed by atoms with van der Waals surface area (Å²) in [5, 5.41) is 2.87. The molecule has 1 aromatic carbocycles. The Labute approximate surface area is 140 Å². The Bertz CT molecular complexity index is 716. The van der Waals surface area contributed by atoms with E-state index in [-0.39, 0.29) is 11.8 Å². The average Bonchev–Trinajstić information content (AvgIpc) is 3.12. The molecule has 0 spiro atoms. The fourth-order valence-electron chi connectivity index (χ4n) is 2.84. The quantitative estimate of drug-likeness (QED) is 0.936. The lowest BCUT2D eigenvalue weighted by Gasteiger charge is -2.24. The number of amides is 2. The van der Waals surface area contributed by atoms with Gasteiger partial charge in [0.05, 0.1) is 12.7 Å². The van der Waals surface area contributed by atoms with E-state index in [4.69, 9.17) is 4.74 Å². The molecular weight excluding hydrogens is 306 g/mol. The number of rotatable bonds is 4. The summed E-state index contributed by atoms with van der Waals surface area (Å²) >= 11 is 0. The smallest absolute Gasteiger partial charge is 0.256 e. The molecule has 1 aliphatic rings. The van der Waals surface area contributed by atoms with Crippen LogP contribution in [0.25, 0.3) is 0 Å². The van der Waals surface area contributed by atoms with Crippen LogP contribution in [0.4, 0.5) is 5.69 Å². The predicted molar refractivity (Wildman–Crippen MR) is 89.9 cm³/mol. The predicted octanol–water partition coefficient (Wildman–Crippen LogP) is 2.33. The molecule has 24 heavy (non-hydrogen) atoms. The summed E-state index contributed by atoms with van der Waals surface area (Å²) in [6, 6.07) is 10.1. The number of benzene rings is 1. The Balaban J connectivity index is 1.70. The highest BCUT2D eigenvalue weighted by molar-refractivity contribution is 6.01. The normalized spacial score (nSPS) is 16.7. The summed E-state index contributed by atoms with van der Waals surface area (Å²) in [7, 11) is 1.59. The topological polar surface area (TPSA) is 71.5 Å². The van der Waals surface area contributed by atoms with Gasteiger partial charge in [-0.25, -0.2) is 0 Å². The van der Waals surface area contributed by atoms with Crippen LogP contribution >= 0.6 is 0 Å². The minimum absolute atomic E-state index is 0.157. The number of hydrogen-bond acceptors (Lipinski definition) is 4. The van der Waals surface area contributed by atoms with Crippen molar-refractivity contribution >= 4 is 17.5 Å². The van der Waals surface area contributed by atoms with Gasteiger partial charge in [-0.1, -0.05) is 0 Å². The van der Waals surface area contributed by atoms with Crippen LogP contribution < -0.4 is 10.1 Å². The second-order valence-corrected chi connectivity index (χ2v) is 5.62. The maximum Gasteiger partial charge on any atom is 0.256 e. The van der Waals surface area contributed by atoms with Crippen LogP contribution in [0.5, 0.6) is 5.75 Å². The van der Waals surface area contributed by atoms with Crippen molar-refractivity contribution < 1.29 is 14.3 Å². The van der Waals surface area contributed by atoms with Crippen LogP contribution in [0.3, 0.4) is 0 Å². The molecule has 1 unspecified atom stereocenters. The van der Waals surface area contributed by atoms with Crippen LogP contribution in [0.2, 0.25) is 0 Å². The third-order valence-electron chi connectivity index (χ3n) is 4.08. The number of carbonyl (C=O) groups is 2. The minimum Gasteiger partial charge on any atom is -0.497 e. The van der Waals surface area contributed by atoms with Gasteiger partial charge in [0.2, 0.25) is 5.91 Å². The molecule has 6 nitrogen and oxygen atoms in total. The van der Waals surface area contributed by atoms with Gasteiger partial charge < -0.3 is 15.0 Å². The third kappa shape index (κ3) is 3.37. The molecule has 0 saturated carbocycles. The first kappa shape index (κ1) is 16.0. The average molecular weight is 325 g/mol. The zero-order valence-corrected chi connectivity index (χ0v) is 13.4. The van der Waals surface area contributed by atoms with Gasteiger partial charge in [-0.15, -0.1) is 0 Å². The molecule has 2 aromatic rings. The molecule has 0 aliphatic carbocycles. The number of likely N-dealkylation sites (tertiary alicyclic amines) is 1. The fraction of sp³-hybridized carbons (Fsp3) is 0.278. The summed E-state index contributed by atoms with van der Waals surface area (Å²) in [6.07, 6.45) is 4.62. The highest BCUT2D eigenvalue weighted by Gasteiger charge is 2.34. The van der Waals surface area contributed by atoms with Gasteiger partial charge in [0, 0.05) is 24.6 Å². The van der Waals surface area contributed by atoms with Gasteiger partial charge in [0.1, 0.15) is 11.8 Å². The Hall–Kier alpha value is -2.89. The van der Waals surface area contributed by atoms with E-state index in [1.165, 1.54) is 6.20 Å². The van der Waals surface area contributed by atoms with Crippen LogP contribution in [0, 0.1) is 0 Å². The summed E-state index contributed by atoms with van der Waals surface area (Å²) < 4.78 is 5.10. The molecule has 1 saturated heterocycles. The highest BCUT2D eigenvalue weighted by Crippen LogP contribution is 2.22. The van der Waals surface area contributed by atoms with Crippen LogP contribution in [-0.2, 0) is 4.79 Å². The molecule has 1 atom stereocenters. The molecule has 6 heteroatoms. The first-order valence-electron chi connectivity index (χ1n) is 7.85. The van der Waals surface area contributed by atoms with E-state index in [0.29, 0.717) is 24.2 Å². The van der Waals surface area contributed by atoms with E-state index in [9.17, 15) is 9.59 Å². The van der Waals surface area contributed by atoms with Crippen molar-refractivity contribution in [3.8, 4) is 5.75 Å². The number of carbonyl (C=O) groups excluding carboxylic acids is 2. The zero-order valence-electron chi connectivity index (χ0n) is 13.4. The molecule has 2 amide bonds. The Morgan fingerprint density at radius 1 is 1.25 bits per heavy atom. The maximum absolute atomic E-state index is 12.6. The molecular formula is C18H19N3O3. The molecule has 3 rings (SSSR count). The summed E-state index contributed by atoms with van der Waals surface area (Å²) in [5.74, 6) is 0.396. The summed E-state index contributed by atoms with van der Waals surface area (Å²) in [4.78, 5) is 30.7. The number of methoxy groups -OCH3 is 1. The second-order valence-electron chi connectivity index (χ2n) is 5.62. The number of aromatic nitrogens is 1. The first-order chi connectivity index (χ1) is 11.7. The summed E-state index contributed by atoms with van der Waals surface area (Å²) in [6.45, 7) is 0.578. The third-order valence-corrected chi connectivity index (χ3v) is 4.08. The Morgan fingerprint density at radius 3 is 2.71 bits per heavy atom. The van der Waals surface area contributed by atoms with Gasteiger partial charge in [0.25, 0.3) is 5.91 Å². The van der Waals surface area contributed by atoms with E-state index in [2.05, 4.69) is 10.3 Å². The van der Waals surface area contributed by atoms with E-state index in [0.717, 1.165) is 12.2 Å². The monoisotopic (exact) mass is 325 g/mol. The Kier molecular flexibility index (Phi) is 4.74. The van der Waals surface area contributed by atoms with Gasteiger partial charge >= 0.3 is 0 Å². The first-order valence-corrected chi connectivity index (χ1v) is 7.85. The van der Waals surface area contributed by atoms with E-state index >= 15 is 0 Å². The van der Waals surface area contributed by atoms with Crippen molar-refractivity contribution in [2.24, 2.45) is 0 Å². The van der Waals surface area contributed by atoms with Gasteiger partial charge in [-0.3, -0.25) is 14.6 Å². The molecule has 124 valence electrons. The van der Waals surface area contributed by atoms with Crippen molar-refractivity contribution in [1.82, 2.24) is 9.88 Å². The number of hydrogen-bond donors (Lipinski definition) is 1. The minimum atomic E-state index is -0.459. The zero-order chi connectivity index (χ0) is 16.9. The Morgan fingerprint density at radius 2 is 2.04 bits per heavy atom. The van der Waals surface area contributed by atoms with Crippen molar-refractivity contribution in [2.75, 3.05) is 19.0 Å². The lowest BCUT2D eigenvalue weighted by Crippen LogP contribution is -2.43. The van der Waals surface area contributed by atoms with Crippen LogP contribution in [0.15, 0.2) is 48.8 Å². The van der Waals surface area contributed by atoms with Crippen molar-refractivity contribution in [1.29, 1.82) is 0 Å². The van der Waals surface area contributed by atoms with Crippen molar-refractivity contribution in [2.45, 2.75) is 18.9 Å². The lowest BCUT2D eigenvalue weighted by atomic mass is 10.1. The molecule has 1 N–H and O–H groups in total. The van der Waals surface area contributed by atoms with E-state index in [1.54, 1.807) is 54.6 Å². The molecule has 1 fully saturated rings. The molecule has 1 aliphatic heterocycles. The second kappa shape index (κ2) is 7.12. The maximum atomic E-state index is 12.6.